The summed E-state index contributed by atoms with van der Waals surface area (Å²) in [6.07, 6.45) is 2.73. The van der Waals surface area contributed by atoms with Crippen LogP contribution in [0.2, 0.25) is 0 Å². The highest BCUT2D eigenvalue weighted by molar-refractivity contribution is 5.70. The topological polar surface area (TPSA) is 104 Å². The molecule has 0 atom stereocenters. The number of benzene rings is 2. The fourth-order valence-electron chi connectivity index (χ4n) is 2.76. The van der Waals surface area contributed by atoms with E-state index in [-0.39, 0.29) is 5.95 Å². The quantitative estimate of drug-likeness (QED) is 0.627. The molecule has 0 unspecified atom stereocenters. The molecule has 0 amide bonds. The molecular formula is C19H21N5. The standard InChI is InChI=1S/C19H21N5/c20-15-11-9-14(10-12-15)17-16(18(21)24-19(22)23-17)8-4-7-13-5-2-1-3-6-13/h1-3,5-6,9-12H,4,7-8,20H2,(H4,21,22,23,24). The first-order chi connectivity index (χ1) is 11.6. The zero-order valence-corrected chi connectivity index (χ0v) is 13.4. The van der Waals surface area contributed by atoms with E-state index in [9.17, 15) is 0 Å². The molecule has 0 aliphatic rings. The molecule has 122 valence electrons. The molecule has 0 aliphatic carbocycles. The van der Waals surface area contributed by atoms with E-state index in [4.69, 9.17) is 17.2 Å². The molecule has 0 saturated heterocycles. The van der Waals surface area contributed by atoms with Gasteiger partial charge in [0.2, 0.25) is 5.95 Å². The van der Waals surface area contributed by atoms with Gasteiger partial charge >= 0.3 is 0 Å². The fraction of sp³-hybridized carbons (Fsp3) is 0.158. The Labute approximate surface area is 141 Å². The molecule has 6 N–H and O–H groups in total. The fourth-order valence-corrected chi connectivity index (χ4v) is 2.76. The third-order valence-corrected chi connectivity index (χ3v) is 3.98. The van der Waals surface area contributed by atoms with Gasteiger partial charge in [0, 0.05) is 16.8 Å². The predicted molar refractivity (Wildman–Crippen MR) is 99.2 cm³/mol. The smallest absolute Gasteiger partial charge is 0.222 e. The summed E-state index contributed by atoms with van der Waals surface area (Å²) in [7, 11) is 0. The Morgan fingerprint density at radius 1 is 0.750 bits per heavy atom. The summed E-state index contributed by atoms with van der Waals surface area (Å²) >= 11 is 0. The van der Waals surface area contributed by atoms with Crippen molar-refractivity contribution in [2.24, 2.45) is 0 Å². The lowest BCUT2D eigenvalue weighted by Crippen LogP contribution is -2.07. The van der Waals surface area contributed by atoms with Crippen LogP contribution in [0.25, 0.3) is 11.3 Å². The number of nitrogens with zero attached hydrogens (tertiary/aromatic N) is 2. The average molecular weight is 319 g/mol. The van der Waals surface area contributed by atoms with Crippen LogP contribution in [-0.2, 0) is 12.8 Å². The van der Waals surface area contributed by atoms with Crippen LogP contribution in [0.15, 0.2) is 54.6 Å². The number of aryl methyl sites for hydroxylation is 1. The lowest BCUT2D eigenvalue weighted by molar-refractivity contribution is 0.817. The maximum atomic E-state index is 6.11. The summed E-state index contributed by atoms with van der Waals surface area (Å²) in [5.41, 5.74) is 22.3. The Balaban J connectivity index is 1.85. The number of anilines is 3. The van der Waals surface area contributed by atoms with Crippen molar-refractivity contribution >= 4 is 17.5 Å². The Kier molecular flexibility index (Phi) is 4.61. The highest BCUT2D eigenvalue weighted by Crippen LogP contribution is 2.28. The van der Waals surface area contributed by atoms with Crippen molar-refractivity contribution < 1.29 is 0 Å². The van der Waals surface area contributed by atoms with Crippen LogP contribution < -0.4 is 17.2 Å². The maximum Gasteiger partial charge on any atom is 0.222 e. The third-order valence-electron chi connectivity index (χ3n) is 3.98. The molecule has 3 aromatic rings. The van der Waals surface area contributed by atoms with E-state index >= 15 is 0 Å². The molecule has 2 aromatic carbocycles. The first-order valence-electron chi connectivity index (χ1n) is 7.95. The predicted octanol–water partition coefficient (Wildman–Crippen LogP) is 3.07. The molecule has 0 bridgehead atoms. The van der Waals surface area contributed by atoms with Crippen LogP contribution in [0.1, 0.15) is 17.5 Å². The molecule has 0 spiro atoms. The molecule has 3 rings (SSSR count). The normalized spacial score (nSPS) is 10.7. The molecule has 1 heterocycles. The van der Waals surface area contributed by atoms with Crippen LogP contribution in [0.3, 0.4) is 0 Å². The van der Waals surface area contributed by atoms with Crippen molar-refractivity contribution in [1.29, 1.82) is 0 Å². The molecule has 0 aliphatic heterocycles. The highest BCUT2D eigenvalue weighted by Gasteiger charge is 2.13. The van der Waals surface area contributed by atoms with Crippen LogP contribution in [-0.4, -0.2) is 9.97 Å². The van der Waals surface area contributed by atoms with E-state index in [2.05, 4.69) is 34.2 Å². The van der Waals surface area contributed by atoms with Gasteiger partial charge < -0.3 is 17.2 Å². The van der Waals surface area contributed by atoms with Gasteiger partial charge in [0.25, 0.3) is 0 Å². The summed E-state index contributed by atoms with van der Waals surface area (Å²) < 4.78 is 0. The summed E-state index contributed by atoms with van der Waals surface area (Å²) in [4.78, 5) is 8.53. The zero-order valence-electron chi connectivity index (χ0n) is 13.4. The van der Waals surface area contributed by atoms with Crippen molar-refractivity contribution in [2.45, 2.75) is 19.3 Å². The molecule has 5 heteroatoms. The molecular weight excluding hydrogens is 298 g/mol. The summed E-state index contributed by atoms with van der Waals surface area (Å²) in [5.74, 6) is 0.633. The molecule has 5 nitrogen and oxygen atoms in total. The van der Waals surface area contributed by atoms with Gasteiger partial charge in [-0.25, -0.2) is 4.98 Å². The number of nitrogens with two attached hydrogens (primary N) is 3. The molecule has 0 radical (unpaired) electrons. The Morgan fingerprint density at radius 3 is 2.17 bits per heavy atom. The Hall–Kier alpha value is -3.08. The summed E-state index contributed by atoms with van der Waals surface area (Å²) in [5, 5.41) is 0. The van der Waals surface area contributed by atoms with Crippen LogP contribution in [0.4, 0.5) is 17.5 Å². The van der Waals surface area contributed by atoms with E-state index < -0.39 is 0 Å². The van der Waals surface area contributed by atoms with Gasteiger partial charge in [-0.15, -0.1) is 0 Å². The Morgan fingerprint density at radius 2 is 1.46 bits per heavy atom. The van der Waals surface area contributed by atoms with E-state index in [1.807, 2.05) is 30.3 Å². The minimum absolute atomic E-state index is 0.186. The SMILES string of the molecule is Nc1ccc(-c2nc(N)nc(N)c2CCCc2ccccc2)cc1. The van der Waals surface area contributed by atoms with Crippen LogP contribution in [0.5, 0.6) is 0 Å². The van der Waals surface area contributed by atoms with Gasteiger partial charge in [0.05, 0.1) is 5.69 Å². The lowest BCUT2D eigenvalue weighted by Gasteiger charge is -2.12. The Bertz CT molecular complexity index is 813. The maximum absolute atomic E-state index is 6.11. The number of aromatic nitrogens is 2. The summed E-state index contributed by atoms with van der Waals surface area (Å²) in [6, 6.07) is 17.9. The molecule has 24 heavy (non-hydrogen) atoms. The van der Waals surface area contributed by atoms with E-state index in [1.165, 1.54) is 5.56 Å². The van der Waals surface area contributed by atoms with Crippen molar-refractivity contribution in [3.8, 4) is 11.3 Å². The van der Waals surface area contributed by atoms with E-state index in [0.29, 0.717) is 11.5 Å². The number of hydrogen-bond acceptors (Lipinski definition) is 5. The van der Waals surface area contributed by atoms with Crippen molar-refractivity contribution in [1.82, 2.24) is 9.97 Å². The van der Waals surface area contributed by atoms with E-state index in [0.717, 1.165) is 36.1 Å². The second-order valence-corrected chi connectivity index (χ2v) is 5.76. The first kappa shape index (κ1) is 15.8. The van der Waals surface area contributed by atoms with Gasteiger partial charge in [0.15, 0.2) is 0 Å². The second kappa shape index (κ2) is 7.00. The van der Waals surface area contributed by atoms with Gasteiger partial charge in [-0.05, 0) is 37.0 Å². The van der Waals surface area contributed by atoms with Crippen LogP contribution >= 0.6 is 0 Å². The van der Waals surface area contributed by atoms with E-state index in [1.54, 1.807) is 0 Å². The second-order valence-electron chi connectivity index (χ2n) is 5.76. The molecule has 1 aromatic heterocycles. The monoisotopic (exact) mass is 319 g/mol. The first-order valence-corrected chi connectivity index (χ1v) is 7.95. The van der Waals surface area contributed by atoms with Crippen molar-refractivity contribution in [2.75, 3.05) is 17.2 Å². The third kappa shape index (κ3) is 3.63. The van der Waals surface area contributed by atoms with Gasteiger partial charge in [-0.2, -0.15) is 4.98 Å². The van der Waals surface area contributed by atoms with Crippen LogP contribution in [0, 0.1) is 0 Å². The highest BCUT2D eigenvalue weighted by atomic mass is 15.0. The van der Waals surface area contributed by atoms with Gasteiger partial charge in [-0.3, -0.25) is 0 Å². The minimum atomic E-state index is 0.186. The average Bonchev–Trinajstić information content (AvgIpc) is 2.58. The number of hydrogen-bond donors (Lipinski definition) is 3. The largest absolute Gasteiger partial charge is 0.399 e. The van der Waals surface area contributed by atoms with Crippen molar-refractivity contribution in [3.63, 3.8) is 0 Å². The van der Waals surface area contributed by atoms with Crippen molar-refractivity contribution in [3.05, 3.63) is 65.7 Å². The number of nitrogen functional groups attached to an aromatic ring is 3. The van der Waals surface area contributed by atoms with Gasteiger partial charge in [-0.1, -0.05) is 42.5 Å². The minimum Gasteiger partial charge on any atom is -0.399 e. The lowest BCUT2D eigenvalue weighted by atomic mass is 9.99. The zero-order chi connectivity index (χ0) is 16.9. The molecule has 0 fully saturated rings. The number of rotatable bonds is 5. The molecule has 0 saturated carbocycles. The van der Waals surface area contributed by atoms with Gasteiger partial charge in [0.1, 0.15) is 5.82 Å². The summed E-state index contributed by atoms with van der Waals surface area (Å²) in [6.45, 7) is 0.